The summed E-state index contributed by atoms with van der Waals surface area (Å²) in [4.78, 5) is 16.8. The van der Waals surface area contributed by atoms with Gasteiger partial charge in [0.25, 0.3) is 0 Å². The number of methoxy groups -OCH3 is 1. The fourth-order valence-electron chi connectivity index (χ4n) is 0.978. The van der Waals surface area contributed by atoms with Crippen LogP contribution in [0.15, 0.2) is 5.70 Å². The lowest BCUT2D eigenvalue weighted by molar-refractivity contribution is -0.422. The van der Waals surface area contributed by atoms with E-state index in [0.717, 1.165) is 5.13 Å². The molecule has 0 N–H and O–H groups in total. The summed E-state index contributed by atoms with van der Waals surface area (Å²) in [5.74, 6) is 0.412. The summed E-state index contributed by atoms with van der Waals surface area (Å²) in [7, 11) is 5.20. The van der Waals surface area contributed by atoms with Gasteiger partial charge >= 0.3 is 0 Å². The second-order valence-electron chi connectivity index (χ2n) is 3.31. The van der Waals surface area contributed by atoms with Crippen LogP contribution in [-0.2, 0) is 0 Å². The summed E-state index contributed by atoms with van der Waals surface area (Å²) in [5.41, 5.74) is 0.0623. The van der Waals surface area contributed by atoms with Crippen LogP contribution in [0.3, 0.4) is 0 Å². The van der Waals surface area contributed by atoms with E-state index in [9.17, 15) is 10.1 Å². The maximum Gasteiger partial charge on any atom is 0.244 e. The van der Waals surface area contributed by atoms with Gasteiger partial charge in [-0.1, -0.05) is 11.3 Å². The van der Waals surface area contributed by atoms with Gasteiger partial charge in [-0.2, -0.15) is 4.98 Å². The summed E-state index contributed by atoms with van der Waals surface area (Å²) >= 11 is 1.35. The molecule has 0 aliphatic rings. The molecule has 16 heavy (non-hydrogen) atoms. The first-order valence-electron chi connectivity index (χ1n) is 4.50. The van der Waals surface area contributed by atoms with Crippen molar-refractivity contribution in [2.24, 2.45) is 0 Å². The second-order valence-corrected chi connectivity index (χ2v) is 4.32. The molecule has 1 aromatic heterocycles. The zero-order chi connectivity index (χ0) is 12.3. The van der Waals surface area contributed by atoms with Gasteiger partial charge in [0.05, 0.1) is 16.9 Å². The van der Waals surface area contributed by atoms with Crippen LogP contribution in [0.2, 0.25) is 0 Å². The largest absolute Gasteiger partial charge is 0.480 e. The molecule has 0 saturated carbocycles. The molecule has 0 aliphatic carbocycles. The highest BCUT2D eigenvalue weighted by Gasteiger charge is 2.14. The highest BCUT2D eigenvalue weighted by molar-refractivity contribution is 7.16. The highest BCUT2D eigenvalue weighted by atomic mass is 32.1. The molecule has 0 saturated heterocycles. The monoisotopic (exact) mass is 243 g/mol. The Morgan fingerprint density at radius 3 is 2.69 bits per heavy atom. The van der Waals surface area contributed by atoms with E-state index in [4.69, 9.17) is 4.74 Å². The minimum absolute atomic E-state index is 0.0623. The van der Waals surface area contributed by atoms with Crippen molar-refractivity contribution >= 4 is 22.5 Å². The SMILES string of the molecule is COc1nc(N(C)C)sc1C=C(C)[N+](=O)[O-]. The predicted molar refractivity (Wildman–Crippen MR) is 63.6 cm³/mol. The molecule has 88 valence electrons. The van der Waals surface area contributed by atoms with Crippen LogP contribution in [0.4, 0.5) is 5.13 Å². The zero-order valence-corrected chi connectivity index (χ0v) is 10.4. The number of rotatable bonds is 4. The van der Waals surface area contributed by atoms with E-state index >= 15 is 0 Å². The third-order valence-electron chi connectivity index (χ3n) is 1.81. The Balaban J connectivity index is 3.12. The van der Waals surface area contributed by atoms with Gasteiger partial charge < -0.3 is 9.64 Å². The summed E-state index contributed by atoms with van der Waals surface area (Å²) in [6.45, 7) is 1.44. The smallest absolute Gasteiger partial charge is 0.244 e. The zero-order valence-electron chi connectivity index (χ0n) is 9.55. The molecule has 0 radical (unpaired) electrons. The standard InChI is InChI=1S/C9H13N3O3S/c1-6(12(13)14)5-7-8(15-4)10-9(16-7)11(2)3/h5H,1-4H3. The van der Waals surface area contributed by atoms with Crippen molar-refractivity contribution in [2.45, 2.75) is 6.92 Å². The molecule has 1 rings (SSSR count). The molecule has 0 spiro atoms. The number of hydrogen-bond acceptors (Lipinski definition) is 6. The number of ether oxygens (including phenoxy) is 1. The molecule has 1 heterocycles. The first kappa shape index (κ1) is 12.4. The topological polar surface area (TPSA) is 68.5 Å². The Morgan fingerprint density at radius 1 is 1.62 bits per heavy atom. The van der Waals surface area contributed by atoms with Crippen molar-refractivity contribution in [1.82, 2.24) is 4.98 Å². The molecule has 0 aromatic carbocycles. The number of thiazole rings is 1. The summed E-state index contributed by atoms with van der Waals surface area (Å²) in [6.07, 6.45) is 1.46. The van der Waals surface area contributed by atoms with E-state index in [1.807, 2.05) is 19.0 Å². The average molecular weight is 243 g/mol. The van der Waals surface area contributed by atoms with Gasteiger partial charge in [0.15, 0.2) is 5.13 Å². The molecular formula is C9H13N3O3S. The minimum atomic E-state index is -0.436. The van der Waals surface area contributed by atoms with Crippen LogP contribution >= 0.6 is 11.3 Å². The molecule has 0 unspecified atom stereocenters. The van der Waals surface area contributed by atoms with E-state index < -0.39 is 4.92 Å². The fourth-order valence-corrected chi connectivity index (χ4v) is 1.93. The van der Waals surface area contributed by atoms with Crippen LogP contribution in [0.25, 0.3) is 6.08 Å². The van der Waals surface area contributed by atoms with E-state index in [1.165, 1.54) is 31.4 Å². The molecule has 0 atom stereocenters. The maximum absolute atomic E-state index is 10.5. The van der Waals surface area contributed by atoms with Crippen LogP contribution in [0.5, 0.6) is 5.88 Å². The lowest BCUT2D eigenvalue weighted by Crippen LogP contribution is -2.07. The van der Waals surface area contributed by atoms with Gasteiger partial charge in [-0.3, -0.25) is 10.1 Å². The number of anilines is 1. The van der Waals surface area contributed by atoms with Crippen LogP contribution in [0.1, 0.15) is 11.8 Å². The normalized spacial score (nSPS) is 11.4. The van der Waals surface area contributed by atoms with Crippen molar-refractivity contribution in [2.75, 3.05) is 26.1 Å². The van der Waals surface area contributed by atoms with E-state index in [1.54, 1.807) is 0 Å². The quantitative estimate of drug-likeness (QED) is 0.596. The second kappa shape index (κ2) is 4.93. The van der Waals surface area contributed by atoms with E-state index in [-0.39, 0.29) is 5.70 Å². The van der Waals surface area contributed by atoms with E-state index in [2.05, 4.69) is 4.98 Å². The van der Waals surface area contributed by atoms with E-state index in [0.29, 0.717) is 10.8 Å². The Labute approximate surface area is 97.3 Å². The number of nitro groups is 1. The minimum Gasteiger partial charge on any atom is -0.480 e. The van der Waals surface area contributed by atoms with Gasteiger partial charge in [0.1, 0.15) is 0 Å². The summed E-state index contributed by atoms with van der Waals surface area (Å²) < 4.78 is 5.06. The summed E-state index contributed by atoms with van der Waals surface area (Å²) in [5, 5.41) is 11.3. The number of allylic oxidation sites excluding steroid dienone is 1. The van der Waals surface area contributed by atoms with Crippen molar-refractivity contribution in [1.29, 1.82) is 0 Å². The molecule has 0 fully saturated rings. The number of nitrogens with zero attached hydrogens (tertiary/aromatic N) is 3. The molecule has 0 aliphatic heterocycles. The molecule has 6 nitrogen and oxygen atoms in total. The lowest BCUT2D eigenvalue weighted by atomic mass is 10.4. The Bertz CT molecular complexity index is 426. The Morgan fingerprint density at radius 2 is 2.25 bits per heavy atom. The first-order chi connectivity index (χ1) is 7.45. The third kappa shape index (κ3) is 2.69. The van der Waals surface area contributed by atoms with Gasteiger partial charge in [0, 0.05) is 27.1 Å². The van der Waals surface area contributed by atoms with Crippen LogP contribution < -0.4 is 9.64 Å². The molecule has 0 amide bonds. The first-order valence-corrected chi connectivity index (χ1v) is 5.32. The van der Waals surface area contributed by atoms with Crippen LogP contribution in [0, 0.1) is 10.1 Å². The highest BCUT2D eigenvalue weighted by Crippen LogP contribution is 2.32. The fraction of sp³-hybridized carbons (Fsp3) is 0.444. The molecular weight excluding hydrogens is 230 g/mol. The maximum atomic E-state index is 10.5. The van der Waals surface area contributed by atoms with Crippen molar-refractivity contribution in [3.8, 4) is 5.88 Å². The number of hydrogen-bond donors (Lipinski definition) is 0. The number of aromatic nitrogens is 1. The van der Waals surface area contributed by atoms with Gasteiger partial charge in [-0.05, 0) is 0 Å². The van der Waals surface area contributed by atoms with Gasteiger partial charge in [0.2, 0.25) is 11.6 Å². The Hall–Kier alpha value is -1.63. The van der Waals surface area contributed by atoms with Crippen molar-refractivity contribution in [3.05, 3.63) is 20.7 Å². The van der Waals surface area contributed by atoms with Crippen molar-refractivity contribution < 1.29 is 9.66 Å². The molecule has 1 aromatic rings. The average Bonchev–Trinajstić information content (AvgIpc) is 2.60. The van der Waals surface area contributed by atoms with Gasteiger partial charge in [-0.15, -0.1) is 0 Å². The Kier molecular flexibility index (Phi) is 3.83. The predicted octanol–water partition coefficient (Wildman–Crippen LogP) is 1.86. The summed E-state index contributed by atoms with van der Waals surface area (Å²) in [6, 6.07) is 0. The lowest BCUT2D eigenvalue weighted by Gasteiger charge is -2.04. The van der Waals surface area contributed by atoms with Crippen LogP contribution in [-0.4, -0.2) is 31.1 Å². The molecule has 7 heteroatoms. The van der Waals surface area contributed by atoms with Gasteiger partial charge in [-0.25, -0.2) is 0 Å². The van der Waals surface area contributed by atoms with Crippen molar-refractivity contribution in [3.63, 3.8) is 0 Å². The molecule has 0 bridgehead atoms. The third-order valence-corrected chi connectivity index (χ3v) is 2.96.